The number of piperazine rings is 1. The number of carbonyl (C=O) groups is 1. The van der Waals surface area contributed by atoms with E-state index in [1.54, 1.807) is 19.2 Å². The van der Waals surface area contributed by atoms with Gasteiger partial charge in [0.2, 0.25) is 0 Å². The Morgan fingerprint density at radius 1 is 1.03 bits per heavy atom. The fourth-order valence-corrected chi connectivity index (χ4v) is 4.20. The number of benzene rings is 2. The van der Waals surface area contributed by atoms with Crippen LogP contribution in [0.1, 0.15) is 17.3 Å². The van der Waals surface area contributed by atoms with Crippen molar-refractivity contribution in [2.45, 2.75) is 6.92 Å². The SMILES string of the molecule is CC(=O)c1c(-c2ccccc2)nn(C)c(=O)c1NCCN1CCN(c2ccccc2F)CC1. The zero-order chi connectivity index (χ0) is 23.4. The largest absolute Gasteiger partial charge is 0.379 e. The highest BCUT2D eigenvalue weighted by atomic mass is 19.1. The fraction of sp³-hybridized carbons (Fsp3) is 0.320. The molecule has 7 nitrogen and oxygen atoms in total. The molecule has 0 aliphatic carbocycles. The summed E-state index contributed by atoms with van der Waals surface area (Å²) in [4.78, 5) is 29.7. The minimum absolute atomic E-state index is 0.202. The van der Waals surface area contributed by atoms with Crippen LogP contribution in [-0.2, 0) is 7.05 Å². The summed E-state index contributed by atoms with van der Waals surface area (Å²) in [7, 11) is 1.59. The third-order valence-electron chi connectivity index (χ3n) is 5.94. The number of nitrogens with one attached hydrogen (secondary N) is 1. The van der Waals surface area contributed by atoms with Crippen molar-refractivity contribution in [3.8, 4) is 11.3 Å². The number of para-hydroxylation sites is 1. The van der Waals surface area contributed by atoms with E-state index >= 15 is 0 Å². The summed E-state index contributed by atoms with van der Waals surface area (Å²) >= 11 is 0. The lowest BCUT2D eigenvalue weighted by Gasteiger charge is -2.36. The van der Waals surface area contributed by atoms with Crippen LogP contribution in [0.15, 0.2) is 59.4 Å². The second-order valence-electron chi connectivity index (χ2n) is 8.16. The summed E-state index contributed by atoms with van der Waals surface area (Å²) in [6.07, 6.45) is 0. The summed E-state index contributed by atoms with van der Waals surface area (Å²) in [6, 6.07) is 16.2. The molecule has 0 radical (unpaired) electrons. The maximum absolute atomic E-state index is 14.1. The lowest BCUT2D eigenvalue weighted by atomic mass is 10.0. The first kappa shape index (κ1) is 22.7. The summed E-state index contributed by atoms with van der Waals surface area (Å²) in [5.74, 6) is -0.410. The highest BCUT2D eigenvalue weighted by molar-refractivity contribution is 6.04. The summed E-state index contributed by atoms with van der Waals surface area (Å²) in [5, 5.41) is 7.57. The van der Waals surface area contributed by atoms with Crippen molar-refractivity contribution in [3.05, 3.63) is 76.3 Å². The molecule has 1 N–H and O–H groups in total. The molecule has 0 amide bonds. The summed E-state index contributed by atoms with van der Waals surface area (Å²) in [5.41, 5.74) is 2.17. The molecule has 2 heterocycles. The van der Waals surface area contributed by atoms with Gasteiger partial charge in [0.1, 0.15) is 17.2 Å². The molecule has 1 aromatic heterocycles. The molecule has 172 valence electrons. The molecule has 0 bridgehead atoms. The summed E-state index contributed by atoms with van der Waals surface area (Å²) < 4.78 is 15.3. The van der Waals surface area contributed by atoms with Crippen LogP contribution in [0.5, 0.6) is 0 Å². The van der Waals surface area contributed by atoms with Crippen molar-refractivity contribution < 1.29 is 9.18 Å². The smallest absolute Gasteiger partial charge is 0.290 e. The topological polar surface area (TPSA) is 70.5 Å². The Hall–Kier alpha value is -3.52. The molecule has 0 unspecified atom stereocenters. The number of hydrogen-bond acceptors (Lipinski definition) is 6. The van der Waals surface area contributed by atoms with E-state index in [0.717, 1.165) is 31.7 Å². The Morgan fingerprint density at radius 3 is 2.36 bits per heavy atom. The highest BCUT2D eigenvalue weighted by Crippen LogP contribution is 2.25. The van der Waals surface area contributed by atoms with Crippen molar-refractivity contribution in [1.29, 1.82) is 0 Å². The van der Waals surface area contributed by atoms with Crippen LogP contribution < -0.4 is 15.8 Å². The fourth-order valence-electron chi connectivity index (χ4n) is 4.20. The van der Waals surface area contributed by atoms with Gasteiger partial charge in [-0.2, -0.15) is 5.10 Å². The van der Waals surface area contributed by atoms with E-state index < -0.39 is 0 Å². The van der Waals surface area contributed by atoms with Crippen LogP contribution >= 0.6 is 0 Å². The average molecular weight is 450 g/mol. The molecule has 1 aliphatic heterocycles. The second kappa shape index (κ2) is 9.95. The van der Waals surface area contributed by atoms with Crippen LogP contribution in [0.3, 0.4) is 0 Å². The molecule has 0 spiro atoms. The van der Waals surface area contributed by atoms with Crippen molar-refractivity contribution >= 4 is 17.2 Å². The number of rotatable bonds is 7. The van der Waals surface area contributed by atoms with Crippen LogP contribution in [0, 0.1) is 5.82 Å². The first-order chi connectivity index (χ1) is 16.0. The number of hydrogen-bond donors (Lipinski definition) is 1. The average Bonchev–Trinajstić information content (AvgIpc) is 2.82. The van der Waals surface area contributed by atoms with E-state index in [2.05, 4.69) is 20.2 Å². The maximum Gasteiger partial charge on any atom is 0.290 e. The van der Waals surface area contributed by atoms with Gasteiger partial charge >= 0.3 is 0 Å². The zero-order valence-electron chi connectivity index (χ0n) is 18.9. The third kappa shape index (κ3) is 4.96. The molecule has 1 fully saturated rings. The number of anilines is 2. The normalized spacial score (nSPS) is 14.3. The number of Topliss-reactive ketones (excluding diaryl/α,β-unsaturated/α-hetero) is 1. The standard InChI is InChI=1S/C25H28FN5O2/c1-18(32)22-23(19-8-4-3-5-9-19)28-29(2)25(33)24(22)27-12-13-30-14-16-31(17-15-30)21-11-7-6-10-20(21)26/h3-11,27H,12-17H2,1-2H3. The van der Waals surface area contributed by atoms with Crippen LogP contribution in [0.2, 0.25) is 0 Å². The molecule has 0 atom stereocenters. The van der Waals surface area contributed by atoms with Crippen LogP contribution in [0.4, 0.5) is 15.8 Å². The highest BCUT2D eigenvalue weighted by Gasteiger charge is 2.22. The Balaban J connectivity index is 1.45. The van der Waals surface area contributed by atoms with Gasteiger partial charge < -0.3 is 10.2 Å². The lowest BCUT2D eigenvalue weighted by molar-refractivity contribution is 0.101. The minimum Gasteiger partial charge on any atom is -0.379 e. The monoisotopic (exact) mass is 449 g/mol. The molecule has 4 rings (SSSR count). The van der Waals surface area contributed by atoms with Gasteiger partial charge in [-0.15, -0.1) is 0 Å². The van der Waals surface area contributed by atoms with Crippen molar-refractivity contribution in [1.82, 2.24) is 14.7 Å². The van der Waals surface area contributed by atoms with Gasteiger partial charge in [0.25, 0.3) is 5.56 Å². The van der Waals surface area contributed by atoms with Crippen molar-refractivity contribution in [2.24, 2.45) is 7.05 Å². The van der Waals surface area contributed by atoms with Crippen LogP contribution in [0.25, 0.3) is 11.3 Å². The predicted molar refractivity (Wildman–Crippen MR) is 128 cm³/mol. The number of ketones is 1. The Kier molecular flexibility index (Phi) is 6.84. The second-order valence-corrected chi connectivity index (χ2v) is 8.16. The van der Waals surface area contributed by atoms with Crippen LogP contribution in [-0.4, -0.2) is 59.7 Å². The number of aryl methyl sites for hydroxylation is 1. The van der Waals surface area contributed by atoms with E-state index in [9.17, 15) is 14.0 Å². The minimum atomic E-state index is -0.329. The van der Waals surface area contributed by atoms with E-state index in [1.165, 1.54) is 17.7 Å². The van der Waals surface area contributed by atoms with E-state index in [-0.39, 0.29) is 22.8 Å². The molecule has 0 saturated carbocycles. The number of carbonyl (C=O) groups excluding carboxylic acids is 1. The van der Waals surface area contributed by atoms with Gasteiger partial charge in [0.15, 0.2) is 5.78 Å². The van der Waals surface area contributed by atoms with Gasteiger partial charge in [-0.3, -0.25) is 14.5 Å². The molecule has 1 aliphatic rings. The molecule has 3 aromatic rings. The quantitative estimate of drug-likeness (QED) is 0.559. The van der Waals surface area contributed by atoms with E-state index in [1.807, 2.05) is 36.4 Å². The van der Waals surface area contributed by atoms with Gasteiger partial charge in [-0.25, -0.2) is 9.07 Å². The first-order valence-electron chi connectivity index (χ1n) is 11.1. The van der Waals surface area contributed by atoms with Crippen molar-refractivity contribution in [2.75, 3.05) is 49.5 Å². The Morgan fingerprint density at radius 2 is 1.70 bits per heavy atom. The maximum atomic E-state index is 14.1. The van der Waals surface area contributed by atoms with Gasteiger partial charge in [0.05, 0.1) is 11.3 Å². The Labute approximate surface area is 192 Å². The zero-order valence-corrected chi connectivity index (χ0v) is 18.9. The molecular formula is C25H28FN5O2. The van der Waals surface area contributed by atoms with Gasteiger partial charge in [0, 0.05) is 51.9 Å². The molecule has 2 aromatic carbocycles. The number of aromatic nitrogens is 2. The van der Waals surface area contributed by atoms with Crippen molar-refractivity contribution in [3.63, 3.8) is 0 Å². The number of halogens is 1. The molecule has 8 heteroatoms. The number of nitrogens with zero attached hydrogens (tertiary/aromatic N) is 4. The third-order valence-corrected chi connectivity index (χ3v) is 5.94. The van der Waals surface area contributed by atoms with E-state index in [4.69, 9.17) is 0 Å². The van der Waals surface area contributed by atoms with Gasteiger partial charge in [-0.1, -0.05) is 42.5 Å². The molecule has 33 heavy (non-hydrogen) atoms. The first-order valence-corrected chi connectivity index (χ1v) is 11.1. The lowest BCUT2D eigenvalue weighted by Crippen LogP contribution is -2.48. The summed E-state index contributed by atoms with van der Waals surface area (Å²) in [6.45, 7) is 5.71. The molecule has 1 saturated heterocycles. The van der Waals surface area contributed by atoms with E-state index in [0.29, 0.717) is 30.0 Å². The molecular weight excluding hydrogens is 421 g/mol. The predicted octanol–water partition coefficient (Wildman–Crippen LogP) is 3.02. The Bertz CT molecular complexity index is 1190. The van der Waals surface area contributed by atoms with Gasteiger partial charge in [-0.05, 0) is 19.1 Å².